The average Bonchev–Trinajstić information content (AvgIpc) is 2.60. The highest BCUT2D eigenvalue weighted by atomic mass is 31.1. The number of hydrogen-bond acceptors (Lipinski definition) is 2. The molecule has 3 nitrogen and oxygen atoms in total. The molecule has 2 N–H and O–H groups in total. The van der Waals surface area contributed by atoms with Gasteiger partial charge in [0.1, 0.15) is 5.82 Å². The summed E-state index contributed by atoms with van der Waals surface area (Å²) in [6, 6.07) is 2.32. The predicted octanol–water partition coefficient (Wildman–Crippen LogP) is 2.64. The predicted molar refractivity (Wildman–Crippen MR) is 84.8 cm³/mol. The Kier molecular flexibility index (Phi) is 3.82. The maximum Gasteiger partial charge on any atom is 0.145 e. The van der Waals surface area contributed by atoms with E-state index < -0.39 is 4.80 Å². The second kappa shape index (κ2) is 4.80. The zero-order chi connectivity index (χ0) is 13.6. The molecule has 6 heteroatoms. The van der Waals surface area contributed by atoms with E-state index in [1.807, 2.05) is 10.7 Å². The fraction of sp³-hybridized carbons (Fsp3) is 0.750. The van der Waals surface area contributed by atoms with Gasteiger partial charge in [-0.05, 0) is 18.3 Å². The topological polar surface area (TPSA) is 43.8 Å². The Balaban J connectivity index is 2.22. The van der Waals surface area contributed by atoms with E-state index in [9.17, 15) is 0 Å². The van der Waals surface area contributed by atoms with E-state index in [2.05, 4.69) is 37.4 Å². The zero-order valence-corrected chi connectivity index (χ0v) is 13.5. The van der Waals surface area contributed by atoms with Crippen LogP contribution in [0.25, 0.3) is 0 Å². The lowest BCUT2D eigenvalue weighted by Gasteiger charge is -2.48. The van der Waals surface area contributed by atoms with E-state index in [0.717, 1.165) is 5.69 Å². The SMILES string of the molecule is [B]C(P)(P)c1cc(N)nn1C1CC(CC)(CC)C1. The molecular formula is C12H22BN3P2. The summed E-state index contributed by atoms with van der Waals surface area (Å²) < 4.78 is 2.03. The first-order valence-electron chi connectivity index (χ1n) is 6.53. The Morgan fingerprint density at radius 2 is 2.06 bits per heavy atom. The van der Waals surface area contributed by atoms with Crippen LogP contribution < -0.4 is 5.73 Å². The molecule has 0 bridgehead atoms. The molecule has 1 saturated carbocycles. The molecule has 2 radical (unpaired) electrons. The molecule has 0 saturated heterocycles. The van der Waals surface area contributed by atoms with E-state index in [1.165, 1.54) is 25.7 Å². The lowest BCUT2D eigenvalue weighted by Crippen LogP contribution is -2.39. The van der Waals surface area contributed by atoms with Crippen molar-refractivity contribution in [1.29, 1.82) is 0 Å². The first-order valence-corrected chi connectivity index (χ1v) is 7.69. The van der Waals surface area contributed by atoms with Crippen molar-refractivity contribution in [1.82, 2.24) is 9.78 Å². The molecule has 2 atom stereocenters. The fourth-order valence-electron chi connectivity index (χ4n) is 2.96. The molecule has 1 aliphatic carbocycles. The molecular weight excluding hydrogens is 259 g/mol. The summed E-state index contributed by atoms with van der Waals surface area (Å²) in [5, 5.41) is 4.42. The third-order valence-electron chi connectivity index (χ3n) is 4.38. The van der Waals surface area contributed by atoms with Crippen LogP contribution in [0.1, 0.15) is 51.3 Å². The third-order valence-corrected chi connectivity index (χ3v) is 4.97. The number of aromatic nitrogens is 2. The van der Waals surface area contributed by atoms with Gasteiger partial charge in [-0.15, -0.1) is 18.5 Å². The minimum absolute atomic E-state index is 0.446. The van der Waals surface area contributed by atoms with E-state index in [1.54, 1.807) is 0 Å². The van der Waals surface area contributed by atoms with Gasteiger partial charge < -0.3 is 5.73 Å². The number of nitrogens with two attached hydrogens (primary N) is 1. The molecule has 0 amide bonds. The third kappa shape index (κ3) is 2.47. The van der Waals surface area contributed by atoms with Gasteiger partial charge >= 0.3 is 0 Å². The summed E-state index contributed by atoms with van der Waals surface area (Å²) in [5.41, 5.74) is 7.29. The van der Waals surface area contributed by atoms with Crippen LogP contribution in [-0.2, 0) is 4.80 Å². The molecule has 1 aromatic rings. The van der Waals surface area contributed by atoms with Gasteiger partial charge in [-0.3, -0.25) is 4.68 Å². The zero-order valence-electron chi connectivity index (χ0n) is 11.2. The van der Waals surface area contributed by atoms with Crippen molar-refractivity contribution in [2.75, 3.05) is 5.73 Å². The molecule has 18 heavy (non-hydrogen) atoms. The lowest BCUT2D eigenvalue weighted by atomic mass is 9.62. The van der Waals surface area contributed by atoms with Crippen molar-refractivity contribution < 1.29 is 0 Å². The standard InChI is InChI=1S/C12H22BN3P2/c1-3-11(4-2)6-8(7-11)16-9(12(13,17)18)5-10(14)15-16/h5,8H,3-4,6-7,17-18H2,1-2H3,(H2,14,15). The molecule has 1 heterocycles. The Bertz CT molecular complexity index is 427. The van der Waals surface area contributed by atoms with Gasteiger partial charge in [0.2, 0.25) is 0 Å². The Hall–Kier alpha value is -0.0651. The van der Waals surface area contributed by atoms with Gasteiger partial charge in [-0.2, -0.15) is 5.10 Å². The monoisotopic (exact) mass is 281 g/mol. The molecule has 98 valence electrons. The van der Waals surface area contributed by atoms with Gasteiger partial charge in [-0.25, -0.2) is 0 Å². The molecule has 1 aliphatic rings. The maximum atomic E-state index is 6.13. The van der Waals surface area contributed by atoms with Crippen LogP contribution in [0.2, 0.25) is 0 Å². The van der Waals surface area contributed by atoms with Crippen LogP contribution in [0, 0.1) is 5.41 Å². The van der Waals surface area contributed by atoms with E-state index in [4.69, 9.17) is 13.6 Å². The van der Waals surface area contributed by atoms with Crippen LogP contribution >= 0.6 is 18.5 Å². The second-order valence-corrected chi connectivity index (χ2v) is 8.18. The van der Waals surface area contributed by atoms with E-state index in [0.29, 0.717) is 17.3 Å². The van der Waals surface area contributed by atoms with Gasteiger partial charge in [0.05, 0.1) is 13.9 Å². The lowest BCUT2D eigenvalue weighted by molar-refractivity contribution is 0.0447. The van der Waals surface area contributed by atoms with Crippen LogP contribution in [0.4, 0.5) is 5.82 Å². The van der Waals surface area contributed by atoms with Gasteiger partial charge in [-0.1, -0.05) is 26.7 Å². The van der Waals surface area contributed by atoms with Gasteiger partial charge in [0, 0.05) is 16.6 Å². The molecule has 2 rings (SSSR count). The van der Waals surface area contributed by atoms with Crippen molar-refractivity contribution >= 4 is 32.1 Å². The number of hydrogen-bond donors (Lipinski definition) is 1. The average molecular weight is 281 g/mol. The van der Waals surface area contributed by atoms with Crippen molar-refractivity contribution in [3.63, 3.8) is 0 Å². The molecule has 0 aliphatic heterocycles. The summed E-state index contributed by atoms with van der Waals surface area (Å²) in [4.78, 5) is -0.554. The summed E-state index contributed by atoms with van der Waals surface area (Å²) in [5.74, 6) is 0.551. The van der Waals surface area contributed by atoms with Gasteiger partial charge in [0.25, 0.3) is 0 Å². The smallest absolute Gasteiger partial charge is 0.145 e. The molecule has 2 unspecified atom stereocenters. The van der Waals surface area contributed by atoms with Crippen molar-refractivity contribution in [3.05, 3.63) is 11.8 Å². The number of nitrogens with zero attached hydrogens (tertiary/aromatic N) is 2. The minimum atomic E-state index is -0.554. The normalized spacial score (nSPS) is 19.8. The first kappa shape index (κ1) is 14.3. The highest BCUT2D eigenvalue weighted by molar-refractivity contribution is 7.43. The summed E-state index contributed by atoms with van der Waals surface area (Å²) in [6.45, 7) is 4.55. The highest BCUT2D eigenvalue weighted by Crippen LogP contribution is 2.54. The molecule has 0 aromatic carbocycles. The number of anilines is 1. The number of nitrogen functional groups attached to an aromatic ring is 1. The van der Waals surface area contributed by atoms with Crippen molar-refractivity contribution in [3.8, 4) is 0 Å². The van der Waals surface area contributed by atoms with Crippen LogP contribution in [0.15, 0.2) is 6.07 Å². The summed E-state index contributed by atoms with van der Waals surface area (Å²) >= 11 is 0. The van der Waals surface area contributed by atoms with Crippen LogP contribution in [-0.4, -0.2) is 17.6 Å². The fourth-order valence-corrected chi connectivity index (χ4v) is 3.39. The highest BCUT2D eigenvalue weighted by Gasteiger charge is 2.43. The van der Waals surface area contributed by atoms with Crippen LogP contribution in [0.3, 0.4) is 0 Å². The van der Waals surface area contributed by atoms with Crippen LogP contribution in [0.5, 0.6) is 0 Å². The Labute approximate surface area is 115 Å². The Morgan fingerprint density at radius 3 is 2.50 bits per heavy atom. The summed E-state index contributed by atoms with van der Waals surface area (Å²) in [7, 11) is 11.4. The second-order valence-electron chi connectivity index (χ2n) is 5.60. The summed E-state index contributed by atoms with van der Waals surface area (Å²) in [6.07, 6.45) is 4.84. The quantitative estimate of drug-likeness (QED) is 0.681. The van der Waals surface area contributed by atoms with Crippen molar-refractivity contribution in [2.24, 2.45) is 5.41 Å². The molecule has 1 fully saturated rings. The largest absolute Gasteiger partial charge is 0.382 e. The molecule has 0 spiro atoms. The first-order chi connectivity index (χ1) is 8.31. The van der Waals surface area contributed by atoms with Crippen molar-refractivity contribution in [2.45, 2.75) is 50.4 Å². The van der Waals surface area contributed by atoms with E-state index >= 15 is 0 Å². The van der Waals surface area contributed by atoms with E-state index in [-0.39, 0.29) is 0 Å². The Morgan fingerprint density at radius 1 is 1.50 bits per heavy atom. The number of rotatable bonds is 4. The molecule has 1 aromatic heterocycles. The maximum absolute atomic E-state index is 6.13. The minimum Gasteiger partial charge on any atom is -0.382 e. The van der Waals surface area contributed by atoms with Gasteiger partial charge in [0.15, 0.2) is 0 Å².